The lowest BCUT2D eigenvalue weighted by molar-refractivity contribution is 0.325. The second kappa shape index (κ2) is 7.45. The number of aromatic nitrogens is 3. The minimum absolute atomic E-state index is 0.240. The van der Waals surface area contributed by atoms with Gasteiger partial charge in [-0.2, -0.15) is 0 Å². The molecule has 1 aromatic heterocycles. The number of ether oxygens (including phenoxy) is 1. The van der Waals surface area contributed by atoms with Gasteiger partial charge in [0.15, 0.2) is 22.5 Å². The van der Waals surface area contributed by atoms with Crippen LogP contribution in [0, 0.1) is 11.6 Å². The van der Waals surface area contributed by atoms with Gasteiger partial charge < -0.3 is 4.74 Å². The second-order valence-electron chi connectivity index (χ2n) is 6.01. The molecule has 0 aliphatic heterocycles. The van der Waals surface area contributed by atoms with E-state index < -0.39 is 0 Å². The number of rotatable bonds is 7. The fourth-order valence-corrected chi connectivity index (χ4v) is 3.53. The Hall–Kier alpha value is -2.41. The number of benzene rings is 2. The molecule has 26 heavy (non-hydrogen) atoms. The van der Waals surface area contributed by atoms with Crippen molar-refractivity contribution in [1.29, 1.82) is 0 Å². The zero-order chi connectivity index (χ0) is 17.9. The molecule has 7 heteroatoms. The van der Waals surface area contributed by atoms with Crippen LogP contribution in [0.5, 0.6) is 5.75 Å². The molecule has 1 fully saturated rings. The van der Waals surface area contributed by atoms with E-state index in [4.69, 9.17) is 4.74 Å². The summed E-state index contributed by atoms with van der Waals surface area (Å²) < 4.78 is 35.2. The van der Waals surface area contributed by atoms with Gasteiger partial charge in [0, 0.05) is 11.8 Å². The zero-order valence-electron chi connectivity index (χ0n) is 13.9. The first-order chi connectivity index (χ1) is 12.7. The molecule has 0 bridgehead atoms. The SMILES string of the molecule is Fc1ccccc1OCCSc1nnc(-c2ccccc2F)n1C1CC1. The van der Waals surface area contributed by atoms with Crippen LogP contribution in [0.25, 0.3) is 11.4 Å². The maximum atomic E-state index is 14.1. The van der Waals surface area contributed by atoms with Crippen LogP contribution in [-0.4, -0.2) is 27.1 Å². The molecule has 1 aliphatic carbocycles. The molecule has 0 spiro atoms. The van der Waals surface area contributed by atoms with Gasteiger partial charge in [0.2, 0.25) is 0 Å². The highest BCUT2D eigenvalue weighted by atomic mass is 32.2. The van der Waals surface area contributed by atoms with Gasteiger partial charge >= 0.3 is 0 Å². The number of hydrogen-bond donors (Lipinski definition) is 0. The molecule has 134 valence electrons. The molecule has 1 saturated carbocycles. The molecule has 0 unspecified atom stereocenters. The van der Waals surface area contributed by atoms with E-state index in [0.717, 1.165) is 18.0 Å². The van der Waals surface area contributed by atoms with Crippen LogP contribution in [0.1, 0.15) is 18.9 Å². The van der Waals surface area contributed by atoms with Crippen molar-refractivity contribution in [2.24, 2.45) is 0 Å². The lowest BCUT2D eigenvalue weighted by Crippen LogP contribution is -2.04. The van der Waals surface area contributed by atoms with Gasteiger partial charge in [-0.05, 0) is 37.1 Å². The third-order valence-corrected chi connectivity index (χ3v) is 5.01. The Kier molecular flexibility index (Phi) is 4.88. The third-order valence-electron chi connectivity index (χ3n) is 4.10. The Labute approximate surface area is 154 Å². The lowest BCUT2D eigenvalue weighted by atomic mass is 10.2. The van der Waals surface area contributed by atoms with E-state index in [1.165, 1.54) is 23.9 Å². The van der Waals surface area contributed by atoms with Crippen LogP contribution in [-0.2, 0) is 0 Å². The van der Waals surface area contributed by atoms with E-state index >= 15 is 0 Å². The average Bonchev–Trinajstić information content (AvgIpc) is 3.40. The Bertz CT molecular complexity index is 911. The summed E-state index contributed by atoms with van der Waals surface area (Å²) in [7, 11) is 0. The Morgan fingerprint density at radius 2 is 1.73 bits per heavy atom. The third kappa shape index (κ3) is 3.58. The maximum absolute atomic E-state index is 14.1. The van der Waals surface area contributed by atoms with Crippen LogP contribution in [0.15, 0.2) is 53.7 Å². The van der Waals surface area contributed by atoms with Crippen LogP contribution >= 0.6 is 11.8 Å². The predicted molar refractivity (Wildman–Crippen MR) is 96.3 cm³/mol. The average molecular weight is 373 g/mol. The smallest absolute Gasteiger partial charge is 0.191 e. The number of halogens is 2. The minimum atomic E-state index is -0.375. The fraction of sp³-hybridized carbons (Fsp3) is 0.263. The fourth-order valence-electron chi connectivity index (χ4n) is 2.71. The van der Waals surface area contributed by atoms with Crippen molar-refractivity contribution < 1.29 is 13.5 Å². The van der Waals surface area contributed by atoms with Crippen molar-refractivity contribution in [3.05, 3.63) is 60.2 Å². The van der Waals surface area contributed by atoms with Crippen LogP contribution < -0.4 is 4.74 Å². The van der Waals surface area contributed by atoms with Crippen molar-refractivity contribution in [2.75, 3.05) is 12.4 Å². The summed E-state index contributed by atoms with van der Waals surface area (Å²) in [5.41, 5.74) is 0.460. The Morgan fingerprint density at radius 1 is 1.00 bits per heavy atom. The van der Waals surface area contributed by atoms with E-state index in [9.17, 15) is 8.78 Å². The molecule has 0 N–H and O–H groups in total. The molecule has 3 aromatic rings. The monoisotopic (exact) mass is 373 g/mol. The highest BCUT2D eigenvalue weighted by Gasteiger charge is 2.30. The number of nitrogens with zero attached hydrogens (tertiary/aromatic N) is 3. The van der Waals surface area contributed by atoms with Gasteiger partial charge in [0.05, 0.1) is 12.2 Å². The maximum Gasteiger partial charge on any atom is 0.191 e. The summed E-state index contributed by atoms with van der Waals surface area (Å²) in [6.07, 6.45) is 2.08. The lowest BCUT2D eigenvalue weighted by Gasteiger charge is -2.10. The number of para-hydroxylation sites is 1. The van der Waals surface area contributed by atoms with Crippen molar-refractivity contribution >= 4 is 11.8 Å². The molecule has 0 atom stereocenters. The quantitative estimate of drug-likeness (QED) is 0.443. The summed E-state index contributed by atoms with van der Waals surface area (Å²) in [6.45, 7) is 0.345. The summed E-state index contributed by atoms with van der Waals surface area (Å²) in [4.78, 5) is 0. The van der Waals surface area contributed by atoms with Gasteiger partial charge in [0.1, 0.15) is 5.82 Å². The number of thioether (sulfide) groups is 1. The summed E-state index contributed by atoms with van der Waals surface area (Å²) in [5.74, 6) is 0.713. The van der Waals surface area contributed by atoms with Gasteiger partial charge in [0.25, 0.3) is 0 Å². The van der Waals surface area contributed by atoms with E-state index in [-0.39, 0.29) is 17.4 Å². The minimum Gasteiger partial charge on any atom is -0.490 e. The topological polar surface area (TPSA) is 39.9 Å². The zero-order valence-corrected chi connectivity index (χ0v) is 14.8. The van der Waals surface area contributed by atoms with E-state index in [1.54, 1.807) is 36.4 Å². The summed E-state index contributed by atoms with van der Waals surface area (Å²) in [6, 6.07) is 13.2. The molecule has 0 amide bonds. The molecule has 4 rings (SSSR count). The number of hydrogen-bond acceptors (Lipinski definition) is 4. The van der Waals surface area contributed by atoms with Gasteiger partial charge in [-0.1, -0.05) is 36.0 Å². The van der Waals surface area contributed by atoms with Crippen LogP contribution in [0.3, 0.4) is 0 Å². The Morgan fingerprint density at radius 3 is 2.46 bits per heavy atom. The molecule has 2 aromatic carbocycles. The highest BCUT2D eigenvalue weighted by Crippen LogP contribution is 2.41. The van der Waals surface area contributed by atoms with Crippen LogP contribution in [0.2, 0.25) is 0 Å². The summed E-state index contributed by atoms with van der Waals surface area (Å²) in [5, 5.41) is 9.19. The summed E-state index contributed by atoms with van der Waals surface area (Å²) >= 11 is 1.48. The van der Waals surface area contributed by atoms with E-state index in [0.29, 0.717) is 29.8 Å². The predicted octanol–water partition coefficient (Wildman–Crippen LogP) is 4.73. The van der Waals surface area contributed by atoms with Crippen molar-refractivity contribution in [1.82, 2.24) is 14.8 Å². The largest absolute Gasteiger partial charge is 0.490 e. The van der Waals surface area contributed by atoms with Crippen LogP contribution in [0.4, 0.5) is 8.78 Å². The van der Waals surface area contributed by atoms with E-state index in [1.807, 2.05) is 4.57 Å². The van der Waals surface area contributed by atoms with Crippen molar-refractivity contribution in [3.63, 3.8) is 0 Å². The molecule has 0 radical (unpaired) electrons. The van der Waals surface area contributed by atoms with Crippen molar-refractivity contribution in [2.45, 2.75) is 24.0 Å². The molecular formula is C19H17F2N3OS. The normalized spacial score (nSPS) is 13.8. The molecular weight excluding hydrogens is 356 g/mol. The first-order valence-corrected chi connectivity index (χ1v) is 9.42. The first kappa shape index (κ1) is 17.0. The first-order valence-electron chi connectivity index (χ1n) is 8.44. The highest BCUT2D eigenvalue weighted by molar-refractivity contribution is 7.99. The van der Waals surface area contributed by atoms with Gasteiger partial charge in [-0.3, -0.25) is 4.57 Å². The second-order valence-corrected chi connectivity index (χ2v) is 7.08. The van der Waals surface area contributed by atoms with E-state index in [2.05, 4.69) is 10.2 Å². The molecule has 1 heterocycles. The molecule has 4 nitrogen and oxygen atoms in total. The van der Waals surface area contributed by atoms with Gasteiger partial charge in [-0.25, -0.2) is 8.78 Å². The molecule has 1 aliphatic rings. The molecule has 0 saturated heterocycles. The van der Waals surface area contributed by atoms with Crippen molar-refractivity contribution in [3.8, 4) is 17.1 Å². The van der Waals surface area contributed by atoms with Gasteiger partial charge in [-0.15, -0.1) is 10.2 Å². The standard InChI is InChI=1S/C19H17F2N3OS/c20-15-6-2-1-5-14(15)18-22-23-19(24(18)13-9-10-13)26-12-11-25-17-8-4-3-7-16(17)21/h1-8,13H,9-12H2. The Balaban J connectivity index is 1.46.